The molecule has 2 N–H and O–H groups in total. The molecule has 1 aromatic carbocycles. The van der Waals surface area contributed by atoms with Crippen LogP contribution in [0, 0.1) is 11.3 Å². The number of amides is 1. The highest BCUT2D eigenvalue weighted by Gasteiger charge is 2.41. The summed E-state index contributed by atoms with van der Waals surface area (Å²) in [5.41, 5.74) is 8.30. The Kier molecular flexibility index (Phi) is 8.37. The molecule has 1 aromatic heterocycles. The molecule has 3 fully saturated rings. The fourth-order valence-corrected chi connectivity index (χ4v) is 6.35. The maximum Gasteiger partial charge on any atom is 0.433 e. The molecule has 222 valence electrons. The predicted octanol–water partition coefficient (Wildman–Crippen LogP) is 5.81. The van der Waals surface area contributed by atoms with E-state index in [4.69, 9.17) is 5.73 Å². The highest BCUT2D eigenvalue weighted by molar-refractivity contribution is 5.77. The fourth-order valence-electron chi connectivity index (χ4n) is 6.35. The normalized spacial score (nSPS) is 21.6. The third kappa shape index (κ3) is 6.88. The SMILES string of the molecule is CC(C)(C)[C@H]1CN(C(c2ccccc2)c2ccc(C(F)(F)F)nc2)CCN1C(=O)CC1CCN(C(N)=C2CC2)CC1. The van der Waals surface area contributed by atoms with Gasteiger partial charge in [-0.3, -0.25) is 14.7 Å². The Morgan fingerprint density at radius 2 is 1.66 bits per heavy atom. The van der Waals surface area contributed by atoms with Crippen LogP contribution in [0.5, 0.6) is 0 Å². The molecule has 1 saturated carbocycles. The Hall–Kier alpha value is -3.07. The van der Waals surface area contributed by atoms with Crippen LogP contribution >= 0.6 is 0 Å². The molecular formula is C32H42F3N5O. The van der Waals surface area contributed by atoms with Crippen molar-refractivity contribution in [3.63, 3.8) is 0 Å². The molecular weight excluding hydrogens is 527 g/mol. The molecule has 1 unspecified atom stereocenters. The number of aromatic nitrogens is 1. The zero-order valence-electron chi connectivity index (χ0n) is 24.3. The maximum atomic E-state index is 13.7. The molecule has 0 spiro atoms. The smallest absolute Gasteiger partial charge is 0.385 e. The first-order valence-corrected chi connectivity index (χ1v) is 14.8. The standard InChI is InChI=1S/C32H42F3N5O/c1-31(2,3)27-21-39(29(23-7-5-4-6-8-23)25-11-12-26(37-20-25)32(33,34)35)17-18-40(27)28(41)19-22-13-15-38(16-14-22)30(36)24-9-10-24/h4-8,11-12,20,22,27,29H,9-10,13-19,21,36H2,1-3H3/t27-,29?/m1/s1. The molecule has 9 heteroatoms. The largest absolute Gasteiger partial charge is 0.433 e. The van der Waals surface area contributed by atoms with E-state index < -0.39 is 11.9 Å². The fraction of sp³-hybridized carbons (Fsp3) is 0.562. The second kappa shape index (κ2) is 11.7. The topological polar surface area (TPSA) is 65.7 Å². The molecule has 5 rings (SSSR count). The third-order valence-corrected chi connectivity index (χ3v) is 8.89. The molecule has 2 aliphatic heterocycles. The predicted molar refractivity (Wildman–Crippen MR) is 153 cm³/mol. The van der Waals surface area contributed by atoms with E-state index in [2.05, 4.69) is 40.5 Å². The number of benzene rings is 1. The average molecular weight is 570 g/mol. The highest BCUT2D eigenvalue weighted by Crippen LogP contribution is 2.37. The molecule has 2 atom stereocenters. The zero-order chi connectivity index (χ0) is 29.4. The van der Waals surface area contributed by atoms with E-state index in [0.717, 1.165) is 56.2 Å². The summed E-state index contributed by atoms with van der Waals surface area (Å²) in [6.45, 7) is 10.1. The number of hydrogen-bond donors (Lipinski definition) is 1. The summed E-state index contributed by atoms with van der Waals surface area (Å²) in [6, 6.07) is 12.1. The quantitative estimate of drug-likeness (QED) is 0.475. The molecule has 1 aliphatic carbocycles. The van der Waals surface area contributed by atoms with Crippen molar-refractivity contribution in [2.45, 2.75) is 71.1 Å². The number of nitrogens with two attached hydrogens (primary N) is 1. The van der Waals surface area contributed by atoms with E-state index >= 15 is 0 Å². The van der Waals surface area contributed by atoms with Gasteiger partial charge in [0, 0.05) is 51.4 Å². The van der Waals surface area contributed by atoms with Crippen LogP contribution in [-0.2, 0) is 11.0 Å². The molecule has 0 radical (unpaired) electrons. The monoisotopic (exact) mass is 569 g/mol. The summed E-state index contributed by atoms with van der Waals surface area (Å²) >= 11 is 0. The van der Waals surface area contributed by atoms with Gasteiger partial charge >= 0.3 is 6.18 Å². The lowest BCUT2D eigenvalue weighted by atomic mass is 9.82. The van der Waals surface area contributed by atoms with E-state index in [1.807, 2.05) is 30.3 Å². The van der Waals surface area contributed by atoms with Crippen LogP contribution in [-0.4, -0.2) is 64.4 Å². The summed E-state index contributed by atoms with van der Waals surface area (Å²) in [5.74, 6) is 1.50. The summed E-state index contributed by atoms with van der Waals surface area (Å²) in [6.07, 6.45) is 1.58. The maximum absolute atomic E-state index is 13.7. The van der Waals surface area contributed by atoms with Gasteiger partial charge in [-0.25, -0.2) is 0 Å². The second-order valence-electron chi connectivity index (χ2n) is 12.9. The Morgan fingerprint density at radius 3 is 2.22 bits per heavy atom. The van der Waals surface area contributed by atoms with Crippen molar-refractivity contribution in [1.82, 2.24) is 19.7 Å². The third-order valence-electron chi connectivity index (χ3n) is 8.89. The molecule has 2 saturated heterocycles. The van der Waals surface area contributed by atoms with Gasteiger partial charge in [-0.2, -0.15) is 13.2 Å². The van der Waals surface area contributed by atoms with Gasteiger partial charge in [0.05, 0.1) is 11.9 Å². The molecule has 3 heterocycles. The lowest BCUT2D eigenvalue weighted by Gasteiger charge is -2.49. The Morgan fingerprint density at radius 1 is 0.976 bits per heavy atom. The average Bonchev–Trinajstić information content (AvgIpc) is 3.79. The summed E-state index contributed by atoms with van der Waals surface area (Å²) in [5, 5.41) is 0. The van der Waals surface area contributed by atoms with Crippen molar-refractivity contribution in [3.8, 4) is 0 Å². The van der Waals surface area contributed by atoms with Gasteiger partial charge in [-0.05, 0) is 59.8 Å². The Bertz CT molecular complexity index is 1220. The minimum Gasteiger partial charge on any atom is -0.385 e. The number of nitrogens with zero attached hydrogens (tertiary/aromatic N) is 4. The van der Waals surface area contributed by atoms with Gasteiger partial charge in [0.1, 0.15) is 5.69 Å². The lowest BCUT2D eigenvalue weighted by Crippen LogP contribution is -2.60. The number of carbonyl (C=O) groups is 1. The molecule has 3 aliphatic rings. The van der Waals surface area contributed by atoms with E-state index in [-0.39, 0.29) is 23.4 Å². The van der Waals surface area contributed by atoms with Crippen molar-refractivity contribution in [3.05, 3.63) is 76.9 Å². The first-order chi connectivity index (χ1) is 19.4. The van der Waals surface area contributed by atoms with Gasteiger partial charge in [-0.15, -0.1) is 0 Å². The van der Waals surface area contributed by atoms with Crippen molar-refractivity contribution in [1.29, 1.82) is 0 Å². The molecule has 1 amide bonds. The lowest BCUT2D eigenvalue weighted by molar-refractivity contribution is -0.141. The van der Waals surface area contributed by atoms with E-state index in [9.17, 15) is 18.0 Å². The summed E-state index contributed by atoms with van der Waals surface area (Å²) in [4.78, 5) is 24.2. The number of piperazine rings is 1. The molecule has 6 nitrogen and oxygen atoms in total. The summed E-state index contributed by atoms with van der Waals surface area (Å²) < 4.78 is 39.7. The minimum absolute atomic E-state index is 0.0345. The highest BCUT2D eigenvalue weighted by atomic mass is 19.4. The van der Waals surface area contributed by atoms with Crippen LogP contribution in [0.15, 0.2) is 60.1 Å². The number of alkyl halides is 3. The van der Waals surface area contributed by atoms with Crippen LogP contribution in [0.4, 0.5) is 13.2 Å². The van der Waals surface area contributed by atoms with E-state index in [0.29, 0.717) is 37.5 Å². The van der Waals surface area contributed by atoms with E-state index in [1.54, 1.807) is 0 Å². The van der Waals surface area contributed by atoms with E-state index in [1.165, 1.54) is 17.8 Å². The molecule has 41 heavy (non-hydrogen) atoms. The van der Waals surface area contributed by atoms with Gasteiger partial charge < -0.3 is 15.5 Å². The number of likely N-dealkylation sites (tertiary alicyclic amines) is 1. The summed E-state index contributed by atoms with van der Waals surface area (Å²) in [7, 11) is 0. The van der Waals surface area contributed by atoms with Gasteiger partial charge in [0.25, 0.3) is 0 Å². The van der Waals surface area contributed by atoms with Crippen molar-refractivity contribution in [2.24, 2.45) is 17.1 Å². The number of halogens is 3. The van der Waals surface area contributed by atoms with Crippen LogP contribution in [0.1, 0.15) is 75.7 Å². The molecule has 0 bridgehead atoms. The first-order valence-electron chi connectivity index (χ1n) is 14.8. The zero-order valence-corrected chi connectivity index (χ0v) is 24.3. The number of rotatable bonds is 6. The number of piperidine rings is 1. The van der Waals surface area contributed by atoms with Gasteiger partial charge in [-0.1, -0.05) is 57.2 Å². The van der Waals surface area contributed by atoms with Crippen molar-refractivity contribution < 1.29 is 18.0 Å². The van der Waals surface area contributed by atoms with Crippen LogP contribution in [0.25, 0.3) is 0 Å². The van der Waals surface area contributed by atoms with Crippen LogP contribution < -0.4 is 5.73 Å². The number of pyridine rings is 1. The van der Waals surface area contributed by atoms with Crippen LogP contribution in [0.3, 0.4) is 0 Å². The van der Waals surface area contributed by atoms with Gasteiger partial charge in [0.15, 0.2) is 0 Å². The van der Waals surface area contributed by atoms with Crippen molar-refractivity contribution in [2.75, 3.05) is 32.7 Å². The molecule has 2 aromatic rings. The van der Waals surface area contributed by atoms with Crippen LogP contribution in [0.2, 0.25) is 0 Å². The number of hydrogen-bond acceptors (Lipinski definition) is 5. The minimum atomic E-state index is -4.48. The first kappa shape index (κ1) is 29.4. The van der Waals surface area contributed by atoms with Gasteiger partial charge in [0.2, 0.25) is 5.91 Å². The Labute approximate surface area is 241 Å². The van der Waals surface area contributed by atoms with Crippen molar-refractivity contribution >= 4 is 5.91 Å². The number of allylic oxidation sites excluding steroid dienone is 1. The Balaban J connectivity index is 1.31. The second-order valence-corrected chi connectivity index (χ2v) is 12.9. The number of carbonyl (C=O) groups excluding carboxylic acids is 1.